The summed E-state index contributed by atoms with van der Waals surface area (Å²) in [7, 11) is 6.12. The maximum Gasteiger partial charge on any atom is 0.267 e. The molecule has 0 bridgehead atoms. The molecular weight excluding hydrogens is 402 g/mol. The molecule has 0 aliphatic carbocycles. The Morgan fingerprint density at radius 3 is 2.16 bits per heavy atom. The van der Waals surface area contributed by atoms with E-state index in [1.54, 1.807) is 49.6 Å². The maximum atomic E-state index is 12.5. The maximum absolute atomic E-state index is 12.5. The van der Waals surface area contributed by atoms with Gasteiger partial charge in [0.2, 0.25) is 5.91 Å². The number of hydrogen-bond donors (Lipinski definition) is 1. The molecule has 0 atom stereocenters. The number of nitrogens with zero attached hydrogens (tertiary/aromatic N) is 2. The van der Waals surface area contributed by atoms with Crippen LogP contribution in [0.3, 0.4) is 0 Å². The largest absolute Gasteiger partial charge is 0.497 e. The van der Waals surface area contributed by atoms with Gasteiger partial charge in [-0.1, -0.05) is 0 Å². The minimum atomic E-state index is -0.422. The lowest BCUT2D eigenvalue weighted by Crippen LogP contribution is -2.29. The number of carbonyl (C=O) groups is 1. The summed E-state index contributed by atoms with van der Waals surface area (Å²) < 4.78 is 22.0. The van der Waals surface area contributed by atoms with E-state index in [0.29, 0.717) is 39.9 Å². The summed E-state index contributed by atoms with van der Waals surface area (Å²) in [6, 6.07) is 13.2. The molecule has 3 rings (SSSR count). The molecular formula is C22H23N3O6. The van der Waals surface area contributed by atoms with Crippen LogP contribution in [0.25, 0.3) is 11.3 Å². The van der Waals surface area contributed by atoms with Crippen LogP contribution in [0.4, 0.5) is 5.69 Å². The molecule has 0 fully saturated rings. The number of hydrogen-bond acceptors (Lipinski definition) is 7. The van der Waals surface area contributed by atoms with Gasteiger partial charge in [-0.2, -0.15) is 5.10 Å². The minimum Gasteiger partial charge on any atom is -0.497 e. The highest BCUT2D eigenvalue weighted by Crippen LogP contribution is 2.31. The fraction of sp³-hybridized carbons (Fsp3) is 0.227. The number of ether oxygens (including phenoxy) is 4. The number of anilines is 1. The Hall–Kier alpha value is -4.01. The highest BCUT2D eigenvalue weighted by Gasteiger charge is 2.12. The molecule has 1 amide bonds. The van der Waals surface area contributed by atoms with Crippen molar-refractivity contribution in [2.45, 2.75) is 6.54 Å². The molecule has 0 saturated carbocycles. The lowest BCUT2D eigenvalue weighted by molar-refractivity contribution is -0.117. The predicted molar refractivity (Wildman–Crippen MR) is 115 cm³/mol. The molecule has 1 heterocycles. The van der Waals surface area contributed by atoms with Gasteiger partial charge in [0.15, 0.2) is 11.5 Å². The molecule has 0 aliphatic heterocycles. The van der Waals surface area contributed by atoms with Crippen LogP contribution in [0.5, 0.6) is 23.0 Å². The Bertz CT molecular complexity index is 1120. The summed E-state index contributed by atoms with van der Waals surface area (Å²) in [5, 5.41) is 7.04. The van der Waals surface area contributed by atoms with Crippen molar-refractivity contribution in [2.75, 3.05) is 33.8 Å². The Labute approximate surface area is 179 Å². The fourth-order valence-corrected chi connectivity index (χ4v) is 2.93. The van der Waals surface area contributed by atoms with Crippen LogP contribution in [0.1, 0.15) is 0 Å². The lowest BCUT2D eigenvalue weighted by atomic mass is 10.1. The van der Waals surface area contributed by atoms with Crippen molar-refractivity contribution in [3.8, 4) is 34.3 Å². The van der Waals surface area contributed by atoms with Crippen molar-refractivity contribution in [1.29, 1.82) is 0 Å². The number of methoxy groups -OCH3 is 4. The van der Waals surface area contributed by atoms with E-state index in [2.05, 4.69) is 10.4 Å². The van der Waals surface area contributed by atoms with Crippen molar-refractivity contribution in [3.05, 3.63) is 58.9 Å². The van der Waals surface area contributed by atoms with Gasteiger partial charge in [-0.3, -0.25) is 9.59 Å². The second kappa shape index (κ2) is 9.66. The quantitative estimate of drug-likeness (QED) is 0.592. The number of carbonyl (C=O) groups excluding carboxylic acids is 1. The van der Waals surface area contributed by atoms with Crippen molar-refractivity contribution in [2.24, 2.45) is 0 Å². The van der Waals surface area contributed by atoms with Gasteiger partial charge in [0.25, 0.3) is 5.56 Å². The third-order valence-corrected chi connectivity index (χ3v) is 4.47. The summed E-state index contributed by atoms with van der Waals surface area (Å²) in [5.41, 5.74) is 1.30. The lowest BCUT2D eigenvalue weighted by Gasteiger charge is -2.12. The van der Waals surface area contributed by atoms with E-state index < -0.39 is 11.5 Å². The highest BCUT2D eigenvalue weighted by molar-refractivity contribution is 5.91. The molecule has 3 aromatic rings. The van der Waals surface area contributed by atoms with Gasteiger partial charge in [0.1, 0.15) is 18.0 Å². The first kappa shape index (κ1) is 21.7. The van der Waals surface area contributed by atoms with Gasteiger partial charge in [-0.15, -0.1) is 0 Å². The van der Waals surface area contributed by atoms with E-state index >= 15 is 0 Å². The molecule has 0 aliphatic rings. The van der Waals surface area contributed by atoms with Gasteiger partial charge in [0.05, 0.1) is 34.1 Å². The van der Waals surface area contributed by atoms with Crippen LogP contribution in [0.2, 0.25) is 0 Å². The minimum absolute atomic E-state index is 0.264. The third-order valence-electron chi connectivity index (χ3n) is 4.47. The standard InChI is InChI=1S/C22H23N3O6/c1-28-16-10-15(11-17(12-16)29-2)23-21(26)13-25-22(27)8-6-18(24-25)14-5-7-19(30-3)20(9-14)31-4/h5-12H,13H2,1-4H3,(H,23,26). The van der Waals surface area contributed by atoms with Crippen LogP contribution < -0.4 is 29.8 Å². The van der Waals surface area contributed by atoms with Crippen molar-refractivity contribution < 1.29 is 23.7 Å². The van der Waals surface area contributed by atoms with Crippen molar-refractivity contribution in [1.82, 2.24) is 9.78 Å². The fourth-order valence-electron chi connectivity index (χ4n) is 2.93. The highest BCUT2D eigenvalue weighted by atomic mass is 16.5. The molecule has 9 nitrogen and oxygen atoms in total. The SMILES string of the molecule is COc1cc(NC(=O)Cn2nc(-c3ccc(OC)c(OC)c3)ccc2=O)cc(OC)c1. The normalized spacial score (nSPS) is 10.3. The van der Waals surface area contributed by atoms with Crippen molar-refractivity contribution >= 4 is 11.6 Å². The van der Waals surface area contributed by atoms with E-state index in [1.165, 1.54) is 27.4 Å². The van der Waals surface area contributed by atoms with Crippen molar-refractivity contribution in [3.63, 3.8) is 0 Å². The zero-order valence-electron chi connectivity index (χ0n) is 17.7. The van der Waals surface area contributed by atoms with Gasteiger partial charge in [-0.05, 0) is 24.3 Å². The zero-order valence-corrected chi connectivity index (χ0v) is 17.7. The van der Waals surface area contributed by atoms with E-state index in [4.69, 9.17) is 18.9 Å². The monoisotopic (exact) mass is 425 g/mol. The van der Waals surface area contributed by atoms with Gasteiger partial charge >= 0.3 is 0 Å². The van der Waals surface area contributed by atoms with Crippen LogP contribution in [0, 0.1) is 0 Å². The topological polar surface area (TPSA) is 101 Å². The number of amides is 1. The van der Waals surface area contributed by atoms with Crippen LogP contribution in [-0.4, -0.2) is 44.1 Å². The summed E-state index contributed by atoms with van der Waals surface area (Å²) in [4.78, 5) is 24.8. The summed E-state index contributed by atoms with van der Waals surface area (Å²) in [5.74, 6) is 1.74. The Morgan fingerprint density at radius 2 is 1.55 bits per heavy atom. The van der Waals surface area contributed by atoms with E-state index in [-0.39, 0.29) is 6.54 Å². The third kappa shape index (κ3) is 5.13. The van der Waals surface area contributed by atoms with Gasteiger partial charge < -0.3 is 24.3 Å². The van der Waals surface area contributed by atoms with E-state index in [1.807, 2.05) is 0 Å². The molecule has 1 N–H and O–H groups in total. The van der Waals surface area contributed by atoms with Gasteiger partial charge in [0, 0.05) is 35.5 Å². The average molecular weight is 425 g/mol. The van der Waals surface area contributed by atoms with E-state index in [0.717, 1.165) is 4.68 Å². The molecule has 162 valence electrons. The number of aromatic nitrogens is 2. The van der Waals surface area contributed by atoms with Gasteiger partial charge in [-0.25, -0.2) is 4.68 Å². The molecule has 2 aromatic carbocycles. The number of nitrogens with one attached hydrogen (secondary N) is 1. The average Bonchev–Trinajstić information content (AvgIpc) is 2.79. The second-order valence-corrected chi connectivity index (χ2v) is 6.43. The molecule has 0 spiro atoms. The summed E-state index contributed by atoms with van der Waals surface area (Å²) in [6.07, 6.45) is 0. The number of benzene rings is 2. The molecule has 1 aromatic heterocycles. The summed E-state index contributed by atoms with van der Waals surface area (Å²) in [6.45, 7) is -0.264. The molecule has 9 heteroatoms. The first-order chi connectivity index (χ1) is 15.0. The molecule has 0 radical (unpaired) electrons. The van der Waals surface area contributed by atoms with Crippen LogP contribution >= 0.6 is 0 Å². The first-order valence-electron chi connectivity index (χ1n) is 9.31. The van der Waals surface area contributed by atoms with Crippen LogP contribution in [-0.2, 0) is 11.3 Å². The van der Waals surface area contributed by atoms with E-state index in [9.17, 15) is 9.59 Å². The first-order valence-corrected chi connectivity index (χ1v) is 9.31. The Balaban J connectivity index is 1.83. The second-order valence-electron chi connectivity index (χ2n) is 6.43. The smallest absolute Gasteiger partial charge is 0.267 e. The zero-order chi connectivity index (χ0) is 22.4. The molecule has 31 heavy (non-hydrogen) atoms. The Kier molecular flexibility index (Phi) is 6.76. The predicted octanol–water partition coefficient (Wildman–Crippen LogP) is 2.58. The Morgan fingerprint density at radius 1 is 0.871 bits per heavy atom. The number of rotatable bonds is 8. The van der Waals surface area contributed by atoms with Crippen LogP contribution in [0.15, 0.2) is 53.3 Å². The summed E-state index contributed by atoms with van der Waals surface area (Å²) >= 11 is 0. The molecule has 0 saturated heterocycles. The molecule has 0 unspecified atom stereocenters.